The van der Waals surface area contributed by atoms with Crippen molar-refractivity contribution in [2.24, 2.45) is 17.3 Å². The summed E-state index contributed by atoms with van der Waals surface area (Å²) in [7, 11) is 3.78. The lowest BCUT2D eigenvalue weighted by Gasteiger charge is -2.39. The maximum absolute atomic E-state index is 14.4. The van der Waals surface area contributed by atoms with E-state index in [4.69, 9.17) is 4.74 Å². The molecule has 6 atom stereocenters. The van der Waals surface area contributed by atoms with Crippen LogP contribution in [0.3, 0.4) is 0 Å². The predicted molar refractivity (Wildman–Crippen MR) is 167 cm³/mol. The lowest BCUT2D eigenvalue weighted by molar-refractivity contribution is -0.143. The van der Waals surface area contributed by atoms with Gasteiger partial charge < -0.3 is 30.5 Å². The van der Waals surface area contributed by atoms with E-state index in [9.17, 15) is 24.4 Å². The average Bonchev–Trinajstić information content (AvgIpc) is 3.50. The van der Waals surface area contributed by atoms with Gasteiger partial charge in [-0.2, -0.15) is 5.26 Å². The van der Waals surface area contributed by atoms with Gasteiger partial charge in [-0.3, -0.25) is 14.4 Å². The van der Waals surface area contributed by atoms with Crippen LogP contribution in [0.15, 0.2) is 42.0 Å². The minimum Gasteiger partial charge on any atom is -0.445 e. The molecular weight excluding hydrogens is 560 g/mol. The number of rotatable bonds is 12. The normalized spacial score (nSPS) is 22.9. The minimum absolute atomic E-state index is 0.0156. The molecule has 4 amide bonds. The number of amides is 4. The number of hydrogen-bond acceptors (Lipinski definition) is 7. The molecule has 0 bridgehead atoms. The van der Waals surface area contributed by atoms with Crippen molar-refractivity contribution in [3.05, 3.63) is 47.5 Å². The van der Waals surface area contributed by atoms with Crippen molar-refractivity contribution in [3.8, 4) is 6.07 Å². The molecule has 0 spiro atoms. The maximum atomic E-state index is 14.4. The van der Waals surface area contributed by atoms with Crippen LogP contribution in [-0.2, 0) is 25.7 Å². The maximum Gasteiger partial charge on any atom is 0.408 e. The lowest BCUT2D eigenvalue weighted by atomic mass is 9.82. The van der Waals surface area contributed by atoms with Gasteiger partial charge >= 0.3 is 6.09 Å². The fourth-order valence-electron chi connectivity index (χ4n) is 6.39. The molecule has 11 nitrogen and oxygen atoms in total. The Bertz CT molecular complexity index is 1250. The Kier molecular flexibility index (Phi) is 11.9. The smallest absolute Gasteiger partial charge is 0.408 e. The summed E-state index contributed by atoms with van der Waals surface area (Å²) in [6.45, 7) is 10.4. The third-order valence-electron chi connectivity index (χ3n) is 8.16. The Balaban J connectivity index is 1.85. The monoisotopic (exact) mass is 608 g/mol. The summed E-state index contributed by atoms with van der Waals surface area (Å²) < 4.78 is 5.47. The second-order valence-electron chi connectivity index (χ2n) is 13.3. The Morgan fingerprint density at radius 2 is 1.89 bits per heavy atom. The molecule has 240 valence electrons. The molecule has 2 saturated heterocycles. The van der Waals surface area contributed by atoms with E-state index in [0.717, 1.165) is 11.1 Å². The van der Waals surface area contributed by atoms with Crippen molar-refractivity contribution < 1.29 is 23.9 Å². The first-order valence-electron chi connectivity index (χ1n) is 15.3. The van der Waals surface area contributed by atoms with Crippen LogP contribution < -0.4 is 16.0 Å². The fourth-order valence-corrected chi connectivity index (χ4v) is 6.39. The zero-order valence-electron chi connectivity index (χ0n) is 27.1. The Hall–Kier alpha value is -3.91. The summed E-state index contributed by atoms with van der Waals surface area (Å²) in [6, 6.07) is 8.64. The molecule has 1 aromatic carbocycles. The summed E-state index contributed by atoms with van der Waals surface area (Å²) in [5.74, 6) is -1.61. The third-order valence-corrected chi connectivity index (χ3v) is 8.16. The van der Waals surface area contributed by atoms with E-state index in [1.807, 2.05) is 90.0 Å². The first-order chi connectivity index (χ1) is 20.7. The molecule has 3 N–H and O–H groups in total. The molecule has 2 aliphatic rings. The molecule has 0 aliphatic carbocycles. The predicted octanol–water partition coefficient (Wildman–Crippen LogP) is 2.98. The van der Waals surface area contributed by atoms with Gasteiger partial charge in [0.2, 0.25) is 17.7 Å². The Morgan fingerprint density at radius 3 is 2.45 bits per heavy atom. The van der Waals surface area contributed by atoms with Crippen molar-refractivity contribution in [2.45, 2.75) is 84.7 Å². The summed E-state index contributed by atoms with van der Waals surface area (Å²) in [6.07, 6.45) is 2.59. The number of carbonyl (C=O) groups excluding carboxylic acids is 4. The summed E-state index contributed by atoms with van der Waals surface area (Å²) >= 11 is 0. The van der Waals surface area contributed by atoms with Gasteiger partial charge in [-0.05, 0) is 59.7 Å². The molecule has 0 aromatic heterocycles. The number of benzene rings is 1. The van der Waals surface area contributed by atoms with Crippen molar-refractivity contribution >= 4 is 23.8 Å². The number of allylic oxidation sites excluding steroid dienone is 1. The molecule has 1 aromatic rings. The SMILES string of the molecule is CC(C)=C[C@H]1CCN(C(=O)[C@@H](NC(=O)OCc2ccccc2)C(C)(C)CN(C)C)[C@@H]1C(=O)N[C@H](C#N)C[C@@H]1C[C@@H](C)NC1=O. The van der Waals surface area contributed by atoms with Crippen molar-refractivity contribution in [3.63, 3.8) is 0 Å². The zero-order valence-corrected chi connectivity index (χ0v) is 27.1. The number of likely N-dealkylation sites (tertiary alicyclic amines) is 1. The molecule has 11 heteroatoms. The van der Waals surface area contributed by atoms with Gasteiger partial charge in [0.1, 0.15) is 24.7 Å². The summed E-state index contributed by atoms with van der Waals surface area (Å²) in [5.41, 5.74) is 1.09. The van der Waals surface area contributed by atoms with Crippen LogP contribution in [0, 0.1) is 28.6 Å². The Morgan fingerprint density at radius 1 is 1.20 bits per heavy atom. The number of nitriles is 1. The topological polar surface area (TPSA) is 144 Å². The molecule has 2 aliphatic heterocycles. The number of nitrogens with one attached hydrogen (secondary N) is 3. The van der Waals surface area contributed by atoms with Gasteiger partial charge in [0.25, 0.3) is 0 Å². The van der Waals surface area contributed by atoms with Gasteiger partial charge in [0.05, 0.1) is 6.07 Å². The summed E-state index contributed by atoms with van der Waals surface area (Å²) in [4.78, 5) is 57.0. The number of nitrogens with zero attached hydrogens (tertiary/aromatic N) is 3. The highest BCUT2D eigenvalue weighted by Gasteiger charge is 2.47. The first kappa shape index (κ1) is 34.6. The van der Waals surface area contributed by atoms with Crippen LogP contribution in [-0.4, -0.2) is 85.0 Å². The molecule has 3 rings (SSSR count). The highest BCUT2D eigenvalue weighted by atomic mass is 16.5. The second-order valence-corrected chi connectivity index (χ2v) is 13.3. The van der Waals surface area contributed by atoms with E-state index >= 15 is 0 Å². The van der Waals surface area contributed by atoms with Crippen molar-refractivity contribution in [1.82, 2.24) is 25.8 Å². The molecule has 44 heavy (non-hydrogen) atoms. The van der Waals surface area contributed by atoms with Crippen LogP contribution in [0.1, 0.15) is 59.4 Å². The molecule has 2 fully saturated rings. The van der Waals surface area contributed by atoms with Crippen LogP contribution >= 0.6 is 0 Å². The molecule has 2 heterocycles. The van der Waals surface area contributed by atoms with Crippen LogP contribution in [0.5, 0.6) is 0 Å². The quantitative estimate of drug-likeness (QED) is 0.310. The number of carbonyl (C=O) groups is 4. The van der Waals surface area contributed by atoms with Gasteiger partial charge in [0, 0.05) is 36.4 Å². The Labute approximate surface area is 261 Å². The zero-order chi connectivity index (χ0) is 32.6. The fraction of sp³-hybridized carbons (Fsp3) is 0.606. The molecule has 0 unspecified atom stereocenters. The molecular formula is C33H48N6O5. The first-order valence-corrected chi connectivity index (χ1v) is 15.3. The highest BCUT2D eigenvalue weighted by molar-refractivity contribution is 5.93. The number of ether oxygens (including phenoxy) is 1. The molecule has 0 saturated carbocycles. The van der Waals surface area contributed by atoms with E-state index < -0.39 is 41.4 Å². The highest BCUT2D eigenvalue weighted by Crippen LogP contribution is 2.32. The van der Waals surface area contributed by atoms with Crippen LogP contribution in [0.4, 0.5) is 4.79 Å². The third kappa shape index (κ3) is 9.29. The van der Waals surface area contributed by atoms with E-state index in [0.29, 0.717) is 25.9 Å². The van der Waals surface area contributed by atoms with Gasteiger partial charge in [0.15, 0.2) is 0 Å². The van der Waals surface area contributed by atoms with Gasteiger partial charge in [-0.15, -0.1) is 0 Å². The number of alkyl carbamates (subject to hydrolysis) is 1. The number of hydrogen-bond donors (Lipinski definition) is 3. The van der Waals surface area contributed by atoms with Crippen LogP contribution in [0.2, 0.25) is 0 Å². The minimum atomic E-state index is -0.996. The standard InChI is InChI=1S/C33H48N6O5/c1-21(2)15-24-13-14-39(27(24)30(41)36-26(18-34)17-25-16-22(3)35-29(25)40)31(42)28(33(4,5)20-38(6)7)37-32(43)44-19-23-11-9-8-10-12-23/h8-12,15,22,24-28H,13-14,16-17,19-20H2,1-7H3,(H,35,40)(H,36,41)(H,37,43)/t22-,24-,25+,26+,27+,28-/m1/s1. The van der Waals surface area contributed by atoms with E-state index in [2.05, 4.69) is 22.0 Å². The van der Waals surface area contributed by atoms with Gasteiger partial charge in [-0.25, -0.2) is 4.79 Å². The largest absolute Gasteiger partial charge is 0.445 e. The van der Waals surface area contributed by atoms with Gasteiger partial charge in [-0.1, -0.05) is 55.8 Å². The summed E-state index contributed by atoms with van der Waals surface area (Å²) in [5, 5.41) is 18.4. The van der Waals surface area contributed by atoms with Crippen molar-refractivity contribution in [1.29, 1.82) is 5.26 Å². The lowest BCUT2D eigenvalue weighted by Crippen LogP contribution is -2.61. The van der Waals surface area contributed by atoms with E-state index in [-0.39, 0.29) is 36.8 Å². The molecule has 0 radical (unpaired) electrons. The van der Waals surface area contributed by atoms with Crippen molar-refractivity contribution in [2.75, 3.05) is 27.2 Å². The van der Waals surface area contributed by atoms with Crippen LogP contribution in [0.25, 0.3) is 0 Å². The average molecular weight is 609 g/mol. The van der Waals surface area contributed by atoms with E-state index in [1.54, 1.807) is 0 Å². The second kappa shape index (κ2) is 15.2. The van der Waals surface area contributed by atoms with E-state index in [1.165, 1.54) is 4.90 Å².